The molecule has 0 aliphatic rings. The molecule has 0 radical (unpaired) electrons. The molecule has 2 nitrogen and oxygen atoms in total. The maximum absolute atomic E-state index is 12.7. The summed E-state index contributed by atoms with van der Waals surface area (Å²) in [5.74, 6) is -1.65. The molecule has 1 N–H and O–H groups in total. The van der Waals surface area contributed by atoms with Gasteiger partial charge < -0.3 is 5.32 Å². The molecule has 0 saturated carbocycles. The van der Waals surface area contributed by atoms with Crippen LogP contribution in [0.1, 0.15) is 5.56 Å². The maximum atomic E-state index is 12.7. The number of benzene rings is 1. The van der Waals surface area contributed by atoms with Crippen LogP contribution in [-0.2, 0) is 11.2 Å². The van der Waals surface area contributed by atoms with Crippen LogP contribution in [0.5, 0.6) is 0 Å². The van der Waals surface area contributed by atoms with Crippen molar-refractivity contribution in [3.63, 3.8) is 0 Å². The number of carbonyl (C=O) groups is 1. The summed E-state index contributed by atoms with van der Waals surface area (Å²) in [6.07, 6.45) is 0.372. The summed E-state index contributed by atoms with van der Waals surface area (Å²) < 4.78 is 25.5. The van der Waals surface area contributed by atoms with Gasteiger partial charge in [0.15, 0.2) is 0 Å². The summed E-state index contributed by atoms with van der Waals surface area (Å²) in [4.78, 5) is 10.7. The van der Waals surface area contributed by atoms with Gasteiger partial charge in [-0.2, -0.15) is 0 Å². The fourth-order valence-electron chi connectivity index (χ4n) is 1.15. The van der Waals surface area contributed by atoms with Crippen molar-refractivity contribution in [1.29, 1.82) is 0 Å². The molecule has 1 aromatic carbocycles. The Kier molecular flexibility index (Phi) is 4.49. The van der Waals surface area contributed by atoms with Crippen molar-refractivity contribution in [2.75, 3.05) is 12.4 Å². The summed E-state index contributed by atoms with van der Waals surface area (Å²) in [5.41, 5.74) is 0.502. The van der Waals surface area contributed by atoms with Crippen molar-refractivity contribution in [2.45, 2.75) is 6.42 Å². The Morgan fingerprint density at radius 1 is 1.27 bits per heavy atom. The molecule has 0 bridgehead atoms. The Labute approximate surface area is 91.2 Å². The van der Waals surface area contributed by atoms with Gasteiger partial charge in [-0.25, -0.2) is 8.78 Å². The zero-order chi connectivity index (χ0) is 11.3. The second-order valence-corrected chi connectivity index (χ2v) is 3.28. The number of halogens is 3. The van der Waals surface area contributed by atoms with E-state index in [1.807, 2.05) is 0 Å². The van der Waals surface area contributed by atoms with Gasteiger partial charge in [0.05, 0.1) is 0 Å². The number of rotatable bonds is 4. The van der Waals surface area contributed by atoms with Crippen LogP contribution in [0, 0.1) is 11.6 Å². The quantitative estimate of drug-likeness (QED) is 0.791. The highest BCUT2D eigenvalue weighted by molar-refractivity contribution is 6.27. The minimum absolute atomic E-state index is 0.114. The third kappa shape index (κ3) is 4.25. The van der Waals surface area contributed by atoms with E-state index in [2.05, 4.69) is 5.32 Å². The molecule has 0 aromatic heterocycles. The molecule has 0 unspecified atom stereocenters. The van der Waals surface area contributed by atoms with E-state index in [0.717, 1.165) is 6.07 Å². The van der Waals surface area contributed by atoms with Gasteiger partial charge in [0.25, 0.3) is 0 Å². The van der Waals surface area contributed by atoms with E-state index in [-0.39, 0.29) is 11.8 Å². The fourth-order valence-corrected chi connectivity index (χ4v) is 1.24. The molecule has 5 heteroatoms. The normalized spacial score (nSPS) is 10.1. The summed E-state index contributed by atoms with van der Waals surface area (Å²) in [7, 11) is 0. The first kappa shape index (κ1) is 11.9. The van der Waals surface area contributed by atoms with Gasteiger partial charge >= 0.3 is 0 Å². The smallest absolute Gasteiger partial charge is 0.234 e. The van der Waals surface area contributed by atoms with Gasteiger partial charge in [0, 0.05) is 12.6 Å². The molecule has 0 saturated heterocycles. The lowest BCUT2D eigenvalue weighted by Crippen LogP contribution is -2.26. The first-order chi connectivity index (χ1) is 7.11. The Bertz CT molecular complexity index is 337. The minimum atomic E-state index is -0.617. The lowest BCUT2D eigenvalue weighted by molar-refractivity contribution is -0.118. The lowest BCUT2D eigenvalue weighted by Gasteiger charge is -2.03. The average molecular weight is 234 g/mol. The van der Waals surface area contributed by atoms with E-state index in [0.29, 0.717) is 18.5 Å². The zero-order valence-electron chi connectivity index (χ0n) is 7.90. The monoisotopic (exact) mass is 233 g/mol. The van der Waals surface area contributed by atoms with Gasteiger partial charge in [-0.1, -0.05) is 0 Å². The van der Waals surface area contributed by atoms with Gasteiger partial charge in [-0.15, -0.1) is 11.6 Å². The third-order valence-corrected chi connectivity index (χ3v) is 2.02. The fraction of sp³-hybridized carbons (Fsp3) is 0.300. The van der Waals surface area contributed by atoms with Gasteiger partial charge in [-0.3, -0.25) is 4.79 Å². The van der Waals surface area contributed by atoms with Crippen molar-refractivity contribution < 1.29 is 13.6 Å². The van der Waals surface area contributed by atoms with Crippen molar-refractivity contribution >= 4 is 17.5 Å². The van der Waals surface area contributed by atoms with Gasteiger partial charge in [0.1, 0.15) is 17.5 Å². The molecule has 1 rings (SSSR count). The van der Waals surface area contributed by atoms with Crippen LogP contribution < -0.4 is 5.32 Å². The number of hydrogen-bond acceptors (Lipinski definition) is 1. The molecule has 1 amide bonds. The van der Waals surface area contributed by atoms with Crippen LogP contribution in [0.2, 0.25) is 0 Å². The van der Waals surface area contributed by atoms with Crippen LogP contribution in [0.3, 0.4) is 0 Å². The largest absolute Gasteiger partial charge is 0.355 e. The lowest BCUT2D eigenvalue weighted by atomic mass is 10.1. The molecule has 15 heavy (non-hydrogen) atoms. The van der Waals surface area contributed by atoms with E-state index in [4.69, 9.17) is 11.6 Å². The first-order valence-corrected chi connectivity index (χ1v) is 4.93. The number of nitrogens with one attached hydrogen (secondary N) is 1. The molecule has 1 aromatic rings. The van der Waals surface area contributed by atoms with Crippen LogP contribution in [0.25, 0.3) is 0 Å². The predicted octanol–water partition coefficient (Wildman–Crippen LogP) is 1.86. The highest BCUT2D eigenvalue weighted by atomic mass is 35.5. The highest BCUT2D eigenvalue weighted by Crippen LogP contribution is 2.07. The number of carbonyl (C=O) groups excluding carboxylic acids is 1. The summed E-state index contributed by atoms with van der Waals surface area (Å²) in [6.45, 7) is 0.314. The highest BCUT2D eigenvalue weighted by Gasteiger charge is 2.01. The Morgan fingerprint density at radius 3 is 2.40 bits per heavy atom. The first-order valence-electron chi connectivity index (χ1n) is 4.39. The molecule has 0 heterocycles. The second-order valence-electron chi connectivity index (χ2n) is 3.01. The molecule has 0 aliphatic carbocycles. The standard InChI is InChI=1S/C10H10ClF2NO/c11-6-10(15)14-2-1-7-3-8(12)5-9(13)4-7/h3-5H,1-2,6H2,(H,14,15). The van der Waals surface area contributed by atoms with Crippen LogP contribution in [0.15, 0.2) is 18.2 Å². The van der Waals surface area contributed by atoms with Crippen LogP contribution >= 0.6 is 11.6 Å². The molecule has 0 aliphatic heterocycles. The molecular formula is C10H10ClF2NO. The van der Waals surface area contributed by atoms with Crippen molar-refractivity contribution in [3.8, 4) is 0 Å². The number of amides is 1. The van der Waals surface area contributed by atoms with E-state index in [1.54, 1.807) is 0 Å². The topological polar surface area (TPSA) is 29.1 Å². The van der Waals surface area contributed by atoms with Gasteiger partial charge in [-0.05, 0) is 24.1 Å². The van der Waals surface area contributed by atoms with E-state index >= 15 is 0 Å². The van der Waals surface area contributed by atoms with Crippen LogP contribution in [-0.4, -0.2) is 18.3 Å². The van der Waals surface area contributed by atoms with Crippen molar-refractivity contribution in [1.82, 2.24) is 5.32 Å². The molecule has 0 spiro atoms. The molecular weight excluding hydrogens is 224 g/mol. The SMILES string of the molecule is O=C(CCl)NCCc1cc(F)cc(F)c1. The zero-order valence-corrected chi connectivity index (χ0v) is 8.65. The van der Waals surface area contributed by atoms with Crippen LogP contribution in [0.4, 0.5) is 8.78 Å². The van der Waals surface area contributed by atoms with E-state index in [1.165, 1.54) is 12.1 Å². The van der Waals surface area contributed by atoms with E-state index in [9.17, 15) is 13.6 Å². The maximum Gasteiger partial charge on any atom is 0.234 e. The van der Waals surface area contributed by atoms with Crippen molar-refractivity contribution in [2.24, 2.45) is 0 Å². The molecule has 0 fully saturated rings. The predicted molar refractivity (Wildman–Crippen MR) is 53.8 cm³/mol. The Balaban J connectivity index is 2.47. The Hall–Kier alpha value is -1.16. The van der Waals surface area contributed by atoms with Gasteiger partial charge in [0.2, 0.25) is 5.91 Å². The van der Waals surface area contributed by atoms with E-state index < -0.39 is 11.6 Å². The second kappa shape index (κ2) is 5.66. The third-order valence-electron chi connectivity index (χ3n) is 1.78. The minimum Gasteiger partial charge on any atom is -0.355 e. The number of hydrogen-bond donors (Lipinski definition) is 1. The molecule has 0 atom stereocenters. The Morgan fingerprint density at radius 2 is 1.87 bits per heavy atom. The summed E-state index contributed by atoms with van der Waals surface area (Å²) >= 11 is 5.25. The summed E-state index contributed by atoms with van der Waals surface area (Å²) in [6, 6.07) is 3.27. The summed E-state index contributed by atoms with van der Waals surface area (Å²) in [5, 5.41) is 2.50. The number of alkyl halides is 1. The van der Waals surface area contributed by atoms with Crippen molar-refractivity contribution in [3.05, 3.63) is 35.4 Å². The average Bonchev–Trinajstić information content (AvgIpc) is 2.16. The molecule has 82 valence electrons.